The number of rotatable bonds is 2. The highest BCUT2D eigenvalue weighted by Crippen LogP contribution is 2.38. The summed E-state index contributed by atoms with van der Waals surface area (Å²) in [6, 6.07) is 14.8. The van der Waals surface area contributed by atoms with E-state index in [1.54, 1.807) is 12.1 Å². The van der Waals surface area contributed by atoms with Crippen LogP contribution in [-0.4, -0.2) is 4.98 Å². The van der Waals surface area contributed by atoms with Gasteiger partial charge in [0.1, 0.15) is 5.82 Å². The molecule has 3 rings (SSSR count). The van der Waals surface area contributed by atoms with E-state index in [0.717, 1.165) is 21.7 Å². The van der Waals surface area contributed by atoms with E-state index in [1.807, 2.05) is 0 Å². The van der Waals surface area contributed by atoms with Gasteiger partial charge in [-0.25, -0.2) is 9.37 Å². The minimum absolute atomic E-state index is 0.111. The highest BCUT2D eigenvalue weighted by molar-refractivity contribution is 7.19. The monoisotopic (exact) mass is 326 g/mol. The summed E-state index contributed by atoms with van der Waals surface area (Å²) in [5.74, 6) is -0.248. The molecule has 0 atom stereocenters. The number of halogens is 1. The SMILES string of the molecule is CC(C)(C)c1ccc(-c2nc(N)sc2-c2ccc(F)cc2)cc1. The molecule has 2 N–H and O–H groups in total. The largest absolute Gasteiger partial charge is 0.375 e. The van der Waals surface area contributed by atoms with Crippen LogP contribution in [0.25, 0.3) is 21.7 Å². The predicted molar refractivity (Wildman–Crippen MR) is 96.1 cm³/mol. The zero-order valence-electron chi connectivity index (χ0n) is 13.4. The van der Waals surface area contributed by atoms with Crippen molar-refractivity contribution in [3.63, 3.8) is 0 Å². The van der Waals surface area contributed by atoms with Crippen molar-refractivity contribution in [1.29, 1.82) is 0 Å². The number of nitrogens with zero attached hydrogens (tertiary/aromatic N) is 1. The lowest BCUT2D eigenvalue weighted by Gasteiger charge is -2.19. The van der Waals surface area contributed by atoms with Gasteiger partial charge in [-0.2, -0.15) is 0 Å². The normalized spacial score (nSPS) is 11.7. The minimum atomic E-state index is -0.248. The Morgan fingerprint density at radius 1 is 0.913 bits per heavy atom. The molecular formula is C19H19FN2S. The number of benzene rings is 2. The maximum Gasteiger partial charge on any atom is 0.181 e. The lowest BCUT2D eigenvalue weighted by atomic mass is 9.86. The number of nitrogen functional groups attached to an aromatic ring is 1. The molecule has 118 valence electrons. The summed E-state index contributed by atoms with van der Waals surface area (Å²) >= 11 is 1.42. The van der Waals surface area contributed by atoms with Gasteiger partial charge in [0.05, 0.1) is 10.6 Å². The molecule has 0 aliphatic rings. The molecule has 0 aliphatic carbocycles. The summed E-state index contributed by atoms with van der Waals surface area (Å²) in [7, 11) is 0. The summed E-state index contributed by atoms with van der Waals surface area (Å²) in [6.07, 6.45) is 0. The van der Waals surface area contributed by atoms with Crippen molar-refractivity contribution in [2.45, 2.75) is 26.2 Å². The molecule has 1 aromatic heterocycles. The summed E-state index contributed by atoms with van der Waals surface area (Å²) in [4.78, 5) is 5.44. The highest BCUT2D eigenvalue weighted by atomic mass is 32.1. The zero-order valence-corrected chi connectivity index (χ0v) is 14.2. The van der Waals surface area contributed by atoms with Crippen molar-refractivity contribution in [2.24, 2.45) is 0 Å². The van der Waals surface area contributed by atoms with Crippen molar-refractivity contribution in [2.75, 3.05) is 5.73 Å². The van der Waals surface area contributed by atoms with Gasteiger partial charge in [0.15, 0.2) is 5.13 Å². The van der Waals surface area contributed by atoms with Crippen molar-refractivity contribution in [1.82, 2.24) is 4.98 Å². The first kappa shape index (κ1) is 15.7. The van der Waals surface area contributed by atoms with E-state index in [1.165, 1.54) is 29.0 Å². The fraction of sp³-hybridized carbons (Fsp3) is 0.211. The lowest BCUT2D eigenvalue weighted by molar-refractivity contribution is 0.590. The average molecular weight is 326 g/mol. The standard InChI is InChI=1S/C19H19FN2S/c1-19(2,3)14-8-4-12(5-9-14)16-17(23-18(21)22-16)13-6-10-15(20)11-7-13/h4-11H,1-3H3,(H2,21,22). The molecule has 0 radical (unpaired) electrons. The first-order valence-corrected chi connectivity index (χ1v) is 8.29. The number of aromatic nitrogens is 1. The Morgan fingerprint density at radius 3 is 2.04 bits per heavy atom. The quantitative estimate of drug-likeness (QED) is 0.675. The second-order valence-electron chi connectivity index (χ2n) is 6.56. The molecule has 0 unspecified atom stereocenters. The first-order chi connectivity index (χ1) is 10.8. The maximum absolute atomic E-state index is 13.2. The topological polar surface area (TPSA) is 38.9 Å². The van der Waals surface area contributed by atoms with Gasteiger partial charge in [0.2, 0.25) is 0 Å². The molecule has 0 amide bonds. The van der Waals surface area contributed by atoms with E-state index in [4.69, 9.17) is 5.73 Å². The van der Waals surface area contributed by atoms with E-state index in [-0.39, 0.29) is 11.2 Å². The van der Waals surface area contributed by atoms with Crippen molar-refractivity contribution < 1.29 is 4.39 Å². The van der Waals surface area contributed by atoms with Crippen LogP contribution in [0.2, 0.25) is 0 Å². The van der Waals surface area contributed by atoms with Gasteiger partial charge in [-0.05, 0) is 28.7 Å². The molecule has 4 heteroatoms. The van der Waals surface area contributed by atoms with Crippen LogP contribution in [0.15, 0.2) is 48.5 Å². The third kappa shape index (κ3) is 3.27. The Balaban J connectivity index is 2.05. The Hall–Kier alpha value is -2.20. The Morgan fingerprint density at radius 2 is 1.48 bits per heavy atom. The molecule has 0 spiro atoms. The van der Waals surface area contributed by atoms with Gasteiger partial charge in [-0.15, -0.1) is 0 Å². The fourth-order valence-corrected chi connectivity index (χ4v) is 3.32. The van der Waals surface area contributed by atoms with E-state index >= 15 is 0 Å². The van der Waals surface area contributed by atoms with Gasteiger partial charge in [0, 0.05) is 5.56 Å². The number of anilines is 1. The van der Waals surface area contributed by atoms with E-state index < -0.39 is 0 Å². The number of hydrogen-bond acceptors (Lipinski definition) is 3. The summed E-state index contributed by atoms with van der Waals surface area (Å²) in [5.41, 5.74) is 10.1. The zero-order chi connectivity index (χ0) is 16.6. The average Bonchev–Trinajstić information content (AvgIpc) is 2.89. The van der Waals surface area contributed by atoms with Gasteiger partial charge < -0.3 is 5.73 Å². The van der Waals surface area contributed by atoms with Gasteiger partial charge in [-0.3, -0.25) is 0 Å². The lowest BCUT2D eigenvalue weighted by Crippen LogP contribution is -2.10. The molecule has 2 nitrogen and oxygen atoms in total. The van der Waals surface area contributed by atoms with Crippen molar-refractivity contribution in [3.8, 4) is 21.7 Å². The van der Waals surface area contributed by atoms with Crippen LogP contribution in [0, 0.1) is 5.82 Å². The van der Waals surface area contributed by atoms with Crippen LogP contribution in [0.3, 0.4) is 0 Å². The molecular weight excluding hydrogens is 307 g/mol. The van der Waals surface area contributed by atoms with Gasteiger partial charge in [0.25, 0.3) is 0 Å². The molecule has 23 heavy (non-hydrogen) atoms. The van der Waals surface area contributed by atoms with Crippen LogP contribution >= 0.6 is 11.3 Å². The Kier molecular flexibility index (Phi) is 3.94. The van der Waals surface area contributed by atoms with Crippen LogP contribution in [-0.2, 0) is 5.41 Å². The van der Waals surface area contributed by atoms with Crippen molar-refractivity contribution >= 4 is 16.5 Å². The Labute approximate surface area is 139 Å². The van der Waals surface area contributed by atoms with Crippen LogP contribution in [0.5, 0.6) is 0 Å². The molecule has 0 aliphatic heterocycles. The molecule has 0 saturated carbocycles. The molecule has 3 aromatic rings. The van der Waals surface area contributed by atoms with E-state index in [9.17, 15) is 4.39 Å². The molecule has 1 heterocycles. The van der Waals surface area contributed by atoms with Gasteiger partial charge >= 0.3 is 0 Å². The number of nitrogens with two attached hydrogens (primary N) is 1. The van der Waals surface area contributed by atoms with Crippen LogP contribution < -0.4 is 5.73 Å². The summed E-state index contributed by atoms with van der Waals surface area (Å²) in [5, 5.41) is 0.513. The van der Waals surface area contributed by atoms with E-state index in [0.29, 0.717) is 5.13 Å². The maximum atomic E-state index is 13.2. The minimum Gasteiger partial charge on any atom is -0.375 e. The van der Waals surface area contributed by atoms with Gasteiger partial charge in [-0.1, -0.05) is 68.5 Å². The summed E-state index contributed by atoms with van der Waals surface area (Å²) in [6.45, 7) is 6.56. The molecule has 0 fully saturated rings. The van der Waals surface area contributed by atoms with Crippen LogP contribution in [0.1, 0.15) is 26.3 Å². The molecule has 2 aromatic carbocycles. The smallest absolute Gasteiger partial charge is 0.181 e. The highest BCUT2D eigenvalue weighted by Gasteiger charge is 2.16. The van der Waals surface area contributed by atoms with E-state index in [2.05, 4.69) is 50.0 Å². The van der Waals surface area contributed by atoms with Crippen LogP contribution in [0.4, 0.5) is 9.52 Å². The third-order valence-corrected chi connectivity index (χ3v) is 4.71. The molecule has 0 saturated heterocycles. The summed E-state index contributed by atoms with van der Waals surface area (Å²) < 4.78 is 13.2. The second-order valence-corrected chi connectivity index (χ2v) is 7.59. The number of thiazole rings is 1. The number of hydrogen-bond donors (Lipinski definition) is 1. The first-order valence-electron chi connectivity index (χ1n) is 7.48. The van der Waals surface area contributed by atoms with Crippen molar-refractivity contribution in [3.05, 3.63) is 59.9 Å². The Bertz CT molecular complexity index is 812. The fourth-order valence-electron chi connectivity index (χ4n) is 2.46. The third-order valence-electron chi connectivity index (χ3n) is 3.77. The predicted octanol–water partition coefficient (Wildman–Crippen LogP) is 5.50. The second kappa shape index (κ2) is 5.78. The molecule has 0 bridgehead atoms.